The standard InChI is InChI=1S/C26H25F3N6O/c27-26(28,29)22-6-2-1-4-18(22)16-35-23(36)12-7-17-14-31-25(34-24(17)35)33-20-10-8-19(9-11-20)32-21-5-3-13-30-15-21/h1-2,4,6-12,14,21,30,32H,3,5,13,15-16H2,(H,31,33,34). The minimum absolute atomic E-state index is 0.0102. The van der Waals surface area contributed by atoms with Crippen LogP contribution in [0.2, 0.25) is 0 Å². The zero-order valence-electron chi connectivity index (χ0n) is 19.3. The molecule has 2 aromatic carbocycles. The lowest BCUT2D eigenvalue weighted by molar-refractivity contribution is -0.138. The van der Waals surface area contributed by atoms with E-state index < -0.39 is 17.3 Å². The molecule has 5 rings (SSSR count). The Labute approximate surface area is 205 Å². The highest BCUT2D eigenvalue weighted by Crippen LogP contribution is 2.32. The Morgan fingerprint density at radius 1 is 1.03 bits per heavy atom. The summed E-state index contributed by atoms with van der Waals surface area (Å²) < 4.78 is 41.7. The normalized spacial score (nSPS) is 16.1. The van der Waals surface area contributed by atoms with E-state index in [0.29, 0.717) is 11.4 Å². The topological polar surface area (TPSA) is 83.9 Å². The molecule has 3 heterocycles. The number of pyridine rings is 1. The number of alkyl halides is 3. The van der Waals surface area contributed by atoms with Gasteiger partial charge in [0.05, 0.1) is 12.1 Å². The Hall–Kier alpha value is -3.92. The van der Waals surface area contributed by atoms with Gasteiger partial charge in [0.15, 0.2) is 0 Å². The maximum absolute atomic E-state index is 13.5. The first-order chi connectivity index (χ1) is 17.4. The fourth-order valence-corrected chi connectivity index (χ4v) is 4.38. The van der Waals surface area contributed by atoms with Gasteiger partial charge in [0.25, 0.3) is 5.56 Å². The van der Waals surface area contributed by atoms with Gasteiger partial charge in [-0.15, -0.1) is 0 Å². The first-order valence-electron chi connectivity index (χ1n) is 11.7. The largest absolute Gasteiger partial charge is 0.416 e. The summed E-state index contributed by atoms with van der Waals surface area (Å²) in [5.74, 6) is 0.239. The average Bonchev–Trinajstić information content (AvgIpc) is 2.87. The second kappa shape index (κ2) is 9.98. The van der Waals surface area contributed by atoms with Gasteiger partial charge in [-0.05, 0) is 61.3 Å². The summed E-state index contributed by atoms with van der Waals surface area (Å²) in [6, 6.07) is 16.2. The maximum atomic E-state index is 13.5. The highest BCUT2D eigenvalue weighted by molar-refractivity contribution is 5.76. The van der Waals surface area contributed by atoms with Crippen LogP contribution in [-0.2, 0) is 12.7 Å². The summed E-state index contributed by atoms with van der Waals surface area (Å²) in [5, 5.41) is 10.5. The van der Waals surface area contributed by atoms with Gasteiger partial charge in [-0.2, -0.15) is 18.2 Å². The lowest BCUT2D eigenvalue weighted by atomic mass is 10.1. The van der Waals surface area contributed by atoms with Crippen molar-refractivity contribution >= 4 is 28.4 Å². The van der Waals surface area contributed by atoms with Crippen LogP contribution in [0.15, 0.2) is 71.7 Å². The summed E-state index contributed by atoms with van der Waals surface area (Å²) in [6.07, 6.45) is -0.722. The first kappa shape index (κ1) is 23.8. The van der Waals surface area contributed by atoms with E-state index in [1.54, 1.807) is 12.3 Å². The van der Waals surface area contributed by atoms with Crippen LogP contribution < -0.4 is 21.5 Å². The first-order valence-corrected chi connectivity index (χ1v) is 11.7. The molecule has 1 saturated heterocycles. The molecule has 186 valence electrons. The molecular formula is C26H25F3N6O. The fourth-order valence-electron chi connectivity index (χ4n) is 4.38. The third-order valence-corrected chi connectivity index (χ3v) is 6.18. The third kappa shape index (κ3) is 5.33. The molecule has 4 aromatic rings. The van der Waals surface area contributed by atoms with E-state index in [0.717, 1.165) is 43.4 Å². The molecule has 1 unspecified atom stereocenters. The van der Waals surface area contributed by atoms with Gasteiger partial charge in [0, 0.05) is 41.6 Å². The van der Waals surface area contributed by atoms with Crippen LogP contribution in [0.5, 0.6) is 0 Å². The minimum atomic E-state index is -4.53. The monoisotopic (exact) mass is 494 g/mol. The van der Waals surface area contributed by atoms with E-state index >= 15 is 0 Å². The van der Waals surface area contributed by atoms with Crippen molar-refractivity contribution in [3.05, 3.63) is 88.3 Å². The average molecular weight is 495 g/mol. The van der Waals surface area contributed by atoms with Crippen molar-refractivity contribution in [2.45, 2.75) is 31.6 Å². The number of halogens is 3. The number of hydrogen-bond donors (Lipinski definition) is 3. The molecule has 36 heavy (non-hydrogen) atoms. The SMILES string of the molecule is O=c1ccc2cnc(Nc3ccc(NC4CCCNC4)cc3)nc2n1Cc1ccccc1C(F)(F)F. The zero-order valence-corrected chi connectivity index (χ0v) is 19.3. The summed E-state index contributed by atoms with van der Waals surface area (Å²) in [4.78, 5) is 21.4. The molecule has 10 heteroatoms. The second-order valence-corrected chi connectivity index (χ2v) is 8.78. The van der Waals surface area contributed by atoms with Crippen LogP contribution in [0.1, 0.15) is 24.0 Å². The molecule has 0 radical (unpaired) electrons. The number of hydrogen-bond acceptors (Lipinski definition) is 6. The van der Waals surface area contributed by atoms with E-state index in [1.165, 1.54) is 28.8 Å². The summed E-state index contributed by atoms with van der Waals surface area (Å²) >= 11 is 0. The molecular weight excluding hydrogens is 469 g/mol. The molecule has 2 aromatic heterocycles. The summed E-state index contributed by atoms with van der Waals surface area (Å²) in [6.45, 7) is 1.72. The Balaban J connectivity index is 1.40. The van der Waals surface area contributed by atoms with Gasteiger partial charge in [-0.3, -0.25) is 9.36 Å². The van der Waals surface area contributed by atoms with Crippen LogP contribution in [-0.4, -0.2) is 33.7 Å². The number of fused-ring (bicyclic) bond motifs is 1. The molecule has 1 atom stereocenters. The number of anilines is 3. The molecule has 0 bridgehead atoms. The van der Waals surface area contributed by atoms with Crippen LogP contribution >= 0.6 is 0 Å². The van der Waals surface area contributed by atoms with E-state index in [-0.39, 0.29) is 23.7 Å². The van der Waals surface area contributed by atoms with Crippen LogP contribution in [0.4, 0.5) is 30.5 Å². The van der Waals surface area contributed by atoms with Crippen molar-refractivity contribution in [1.82, 2.24) is 19.9 Å². The van der Waals surface area contributed by atoms with Crippen molar-refractivity contribution in [2.75, 3.05) is 23.7 Å². The number of rotatable bonds is 6. The molecule has 0 saturated carbocycles. The van der Waals surface area contributed by atoms with Crippen molar-refractivity contribution in [3.63, 3.8) is 0 Å². The quantitative estimate of drug-likeness (QED) is 0.358. The number of benzene rings is 2. The van der Waals surface area contributed by atoms with Gasteiger partial charge in [0.2, 0.25) is 5.95 Å². The summed E-state index contributed by atoms with van der Waals surface area (Å²) in [7, 11) is 0. The molecule has 3 N–H and O–H groups in total. The highest BCUT2D eigenvalue weighted by Gasteiger charge is 2.33. The molecule has 0 spiro atoms. The Morgan fingerprint density at radius 3 is 2.56 bits per heavy atom. The molecule has 1 aliphatic rings. The van der Waals surface area contributed by atoms with Gasteiger partial charge >= 0.3 is 6.18 Å². The molecule has 0 aliphatic carbocycles. The molecule has 0 amide bonds. The van der Waals surface area contributed by atoms with E-state index in [2.05, 4.69) is 25.9 Å². The number of aromatic nitrogens is 3. The van der Waals surface area contributed by atoms with Gasteiger partial charge in [0.1, 0.15) is 5.65 Å². The highest BCUT2D eigenvalue weighted by atomic mass is 19.4. The molecule has 1 fully saturated rings. The Kier molecular flexibility index (Phi) is 6.60. The minimum Gasteiger partial charge on any atom is -0.381 e. The lowest BCUT2D eigenvalue weighted by Gasteiger charge is -2.24. The number of nitrogens with one attached hydrogen (secondary N) is 3. The van der Waals surface area contributed by atoms with Crippen LogP contribution in [0.3, 0.4) is 0 Å². The third-order valence-electron chi connectivity index (χ3n) is 6.18. The predicted molar refractivity (Wildman–Crippen MR) is 134 cm³/mol. The predicted octanol–water partition coefficient (Wildman–Crippen LogP) is 4.77. The Morgan fingerprint density at radius 2 is 1.81 bits per heavy atom. The number of piperidine rings is 1. The van der Waals surface area contributed by atoms with Crippen molar-refractivity contribution in [1.29, 1.82) is 0 Å². The second-order valence-electron chi connectivity index (χ2n) is 8.78. The fraction of sp³-hybridized carbons (Fsp3) is 0.269. The zero-order chi connectivity index (χ0) is 25.1. The van der Waals surface area contributed by atoms with Gasteiger partial charge in [-0.1, -0.05) is 18.2 Å². The van der Waals surface area contributed by atoms with E-state index in [9.17, 15) is 18.0 Å². The van der Waals surface area contributed by atoms with Crippen molar-refractivity contribution in [2.24, 2.45) is 0 Å². The van der Waals surface area contributed by atoms with Crippen LogP contribution in [0.25, 0.3) is 11.0 Å². The molecule has 7 nitrogen and oxygen atoms in total. The van der Waals surface area contributed by atoms with Crippen molar-refractivity contribution in [3.8, 4) is 0 Å². The Bertz CT molecular complexity index is 1410. The summed E-state index contributed by atoms with van der Waals surface area (Å²) in [5.41, 5.74) is 0.763. The van der Waals surface area contributed by atoms with Crippen LogP contribution in [0, 0.1) is 0 Å². The van der Waals surface area contributed by atoms with Crippen molar-refractivity contribution < 1.29 is 13.2 Å². The van der Waals surface area contributed by atoms with E-state index in [4.69, 9.17) is 0 Å². The van der Waals surface area contributed by atoms with E-state index in [1.807, 2.05) is 24.3 Å². The lowest BCUT2D eigenvalue weighted by Crippen LogP contribution is -2.38. The van der Waals surface area contributed by atoms with Gasteiger partial charge in [-0.25, -0.2) is 4.98 Å². The smallest absolute Gasteiger partial charge is 0.381 e. The van der Waals surface area contributed by atoms with Gasteiger partial charge < -0.3 is 16.0 Å². The molecule has 1 aliphatic heterocycles. The maximum Gasteiger partial charge on any atom is 0.416 e. The number of nitrogens with zero attached hydrogens (tertiary/aromatic N) is 3.